The van der Waals surface area contributed by atoms with Crippen molar-refractivity contribution in [2.75, 3.05) is 0 Å². The highest BCUT2D eigenvalue weighted by Crippen LogP contribution is 2.69. The molecular formula is C20H25F3O3. The summed E-state index contributed by atoms with van der Waals surface area (Å²) in [5, 5.41) is 10.6. The van der Waals surface area contributed by atoms with E-state index in [-0.39, 0.29) is 35.9 Å². The molecule has 2 unspecified atom stereocenters. The van der Waals surface area contributed by atoms with Gasteiger partial charge in [-0.15, -0.1) is 0 Å². The number of rotatable bonds is 0. The maximum absolute atomic E-state index is 13.7. The van der Waals surface area contributed by atoms with Crippen LogP contribution in [0.2, 0.25) is 0 Å². The molecular weight excluding hydrogens is 345 g/mol. The highest BCUT2D eigenvalue weighted by molar-refractivity contribution is 6.43. The van der Waals surface area contributed by atoms with Gasteiger partial charge in [-0.1, -0.05) is 19.9 Å². The molecule has 3 nitrogen and oxygen atoms in total. The lowest BCUT2D eigenvalue weighted by atomic mass is 9.45. The SMILES string of the molecule is C[C@]12C=CC(=O)C(=O)C1CC[C@@H]1[C@@H]2CC[C@@]2(C)[C@H]1CCC2(O)C(F)(F)F. The number of ketones is 2. The van der Waals surface area contributed by atoms with Gasteiger partial charge in [0.2, 0.25) is 11.6 Å². The van der Waals surface area contributed by atoms with Gasteiger partial charge in [0.1, 0.15) is 0 Å². The second-order valence-electron chi connectivity index (χ2n) is 9.29. The standard InChI is InChI=1S/C20H25F3O3/c1-17-8-7-15(24)16(25)14(17)4-3-11-12(17)5-9-18(2)13(11)6-10-19(18,26)20(21,22)23/h7-8,11-14,26H,3-6,9-10H2,1-2H3/t11-,12+,13+,14?,17-,18+,19?/m1/s1. The molecule has 0 amide bonds. The second-order valence-corrected chi connectivity index (χ2v) is 9.29. The predicted octanol–water partition coefficient (Wildman–Crippen LogP) is 3.85. The number of Topliss-reactive ketones (excluding diaryl/α,β-unsaturated/α-hetero) is 1. The topological polar surface area (TPSA) is 54.4 Å². The molecule has 0 heterocycles. The maximum Gasteiger partial charge on any atom is 0.417 e. The first kappa shape index (κ1) is 18.2. The minimum atomic E-state index is -4.63. The molecule has 4 aliphatic carbocycles. The Morgan fingerprint density at radius 2 is 1.69 bits per heavy atom. The molecule has 144 valence electrons. The summed E-state index contributed by atoms with van der Waals surface area (Å²) in [6.45, 7) is 3.59. The average molecular weight is 370 g/mol. The van der Waals surface area contributed by atoms with E-state index in [4.69, 9.17) is 0 Å². The lowest BCUT2D eigenvalue weighted by Gasteiger charge is -2.59. The molecule has 7 atom stereocenters. The van der Waals surface area contributed by atoms with Gasteiger partial charge in [-0.05, 0) is 67.8 Å². The Labute approximate surface area is 151 Å². The second kappa shape index (κ2) is 5.21. The summed E-state index contributed by atoms with van der Waals surface area (Å²) in [6, 6.07) is 0. The number of alkyl halides is 3. The summed E-state index contributed by atoms with van der Waals surface area (Å²) >= 11 is 0. The van der Waals surface area contributed by atoms with Crippen LogP contribution in [0.4, 0.5) is 13.2 Å². The summed E-state index contributed by atoms with van der Waals surface area (Å²) in [5.41, 5.74) is -4.26. The number of aliphatic hydroxyl groups is 1. The van der Waals surface area contributed by atoms with E-state index in [1.165, 1.54) is 6.08 Å². The first-order valence-corrected chi connectivity index (χ1v) is 9.52. The highest BCUT2D eigenvalue weighted by atomic mass is 19.4. The van der Waals surface area contributed by atoms with E-state index in [1.807, 2.05) is 13.0 Å². The normalized spacial score (nSPS) is 51.0. The summed E-state index contributed by atoms with van der Waals surface area (Å²) in [5.74, 6) is -1.22. The van der Waals surface area contributed by atoms with Gasteiger partial charge >= 0.3 is 6.18 Å². The lowest BCUT2D eigenvalue weighted by molar-refractivity contribution is -0.303. The van der Waals surface area contributed by atoms with Gasteiger partial charge < -0.3 is 5.11 Å². The zero-order chi connectivity index (χ0) is 19.1. The molecule has 0 radical (unpaired) electrons. The Morgan fingerprint density at radius 1 is 1.04 bits per heavy atom. The van der Waals surface area contributed by atoms with Gasteiger partial charge in [-0.2, -0.15) is 13.2 Å². The average Bonchev–Trinajstić information content (AvgIpc) is 2.84. The smallest absolute Gasteiger partial charge is 0.380 e. The first-order valence-electron chi connectivity index (χ1n) is 9.52. The van der Waals surface area contributed by atoms with E-state index in [2.05, 4.69) is 0 Å². The van der Waals surface area contributed by atoms with Crippen LogP contribution in [0.25, 0.3) is 0 Å². The van der Waals surface area contributed by atoms with Crippen molar-refractivity contribution in [1.29, 1.82) is 0 Å². The molecule has 0 aliphatic heterocycles. The molecule has 3 fully saturated rings. The Kier molecular flexibility index (Phi) is 3.65. The molecule has 26 heavy (non-hydrogen) atoms. The Morgan fingerprint density at radius 3 is 2.35 bits per heavy atom. The van der Waals surface area contributed by atoms with Crippen molar-refractivity contribution < 1.29 is 27.9 Å². The summed E-state index contributed by atoms with van der Waals surface area (Å²) < 4.78 is 41.0. The third-order valence-corrected chi connectivity index (χ3v) is 8.55. The number of hydrogen-bond donors (Lipinski definition) is 1. The molecule has 4 aliphatic rings. The number of allylic oxidation sites excluding steroid dienone is 2. The molecule has 3 saturated carbocycles. The van der Waals surface area contributed by atoms with Crippen LogP contribution in [0.3, 0.4) is 0 Å². The quantitative estimate of drug-likeness (QED) is 0.659. The van der Waals surface area contributed by atoms with Gasteiger partial charge in [-0.3, -0.25) is 9.59 Å². The van der Waals surface area contributed by atoms with Gasteiger partial charge in [0.05, 0.1) is 0 Å². The molecule has 0 bridgehead atoms. The fraction of sp³-hybridized carbons (Fsp3) is 0.800. The number of fused-ring (bicyclic) bond motifs is 5. The minimum absolute atomic E-state index is 0.0528. The number of halogens is 3. The Bertz CT molecular complexity index is 699. The Hall–Kier alpha value is -1.17. The van der Waals surface area contributed by atoms with Crippen LogP contribution >= 0.6 is 0 Å². The number of hydrogen-bond acceptors (Lipinski definition) is 3. The van der Waals surface area contributed by atoms with Crippen molar-refractivity contribution in [3.05, 3.63) is 12.2 Å². The minimum Gasteiger partial charge on any atom is -0.380 e. The molecule has 0 spiro atoms. The van der Waals surface area contributed by atoms with E-state index < -0.39 is 28.4 Å². The van der Waals surface area contributed by atoms with Crippen LogP contribution in [0.5, 0.6) is 0 Å². The summed E-state index contributed by atoms with van der Waals surface area (Å²) in [4.78, 5) is 24.2. The van der Waals surface area contributed by atoms with Crippen molar-refractivity contribution in [1.82, 2.24) is 0 Å². The van der Waals surface area contributed by atoms with Crippen LogP contribution in [-0.4, -0.2) is 28.5 Å². The third kappa shape index (κ3) is 2.00. The van der Waals surface area contributed by atoms with E-state index in [0.717, 1.165) is 0 Å². The molecule has 4 rings (SSSR count). The molecule has 1 N–H and O–H groups in total. The van der Waals surface area contributed by atoms with E-state index in [9.17, 15) is 27.9 Å². The van der Waals surface area contributed by atoms with Crippen molar-refractivity contribution in [3.8, 4) is 0 Å². The highest BCUT2D eigenvalue weighted by Gasteiger charge is 2.72. The van der Waals surface area contributed by atoms with Gasteiger partial charge in [0.25, 0.3) is 0 Å². The fourth-order valence-electron chi connectivity index (χ4n) is 7.03. The predicted molar refractivity (Wildman–Crippen MR) is 88.0 cm³/mol. The molecule has 0 aromatic rings. The maximum atomic E-state index is 13.7. The lowest BCUT2D eigenvalue weighted by Crippen LogP contribution is -2.61. The molecule has 6 heteroatoms. The zero-order valence-corrected chi connectivity index (χ0v) is 15.1. The van der Waals surface area contributed by atoms with Crippen molar-refractivity contribution >= 4 is 11.6 Å². The third-order valence-electron chi connectivity index (χ3n) is 8.55. The van der Waals surface area contributed by atoms with E-state index in [1.54, 1.807) is 6.92 Å². The molecule has 0 saturated heterocycles. The van der Waals surface area contributed by atoms with Crippen LogP contribution in [-0.2, 0) is 9.59 Å². The van der Waals surface area contributed by atoms with E-state index in [0.29, 0.717) is 32.1 Å². The van der Waals surface area contributed by atoms with Crippen molar-refractivity contribution in [3.63, 3.8) is 0 Å². The van der Waals surface area contributed by atoms with Gasteiger partial charge in [-0.25, -0.2) is 0 Å². The van der Waals surface area contributed by atoms with Gasteiger partial charge in [0.15, 0.2) is 5.60 Å². The molecule has 0 aromatic heterocycles. The zero-order valence-electron chi connectivity index (χ0n) is 15.1. The summed E-state index contributed by atoms with van der Waals surface area (Å²) in [7, 11) is 0. The fourth-order valence-corrected chi connectivity index (χ4v) is 7.03. The Balaban J connectivity index is 1.71. The largest absolute Gasteiger partial charge is 0.417 e. The van der Waals surface area contributed by atoms with Crippen LogP contribution in [0, 0.1) is 34.5 Å². The monoisotopic (exact) mass is 370 g/mol. The summed E-state index contributed by atoms with van der Waals surface area (Å²) in [6.07, 6.45) is 0.746. The first-order chi connectivity index (χ1) is 12.0. The number of carbonyl (C=O) groups is 2. The number of carbonyl (C=O) groups excluding carboxylic acids is 2. The van der Waals surface area contributed by atoms with Crippen LogP contribution < -0.4 is 0 Å². The van der Waals surface area contributed by atoms with Crippen LogP contribution in [0.15, 0.2) is 12.2 Å². The van der Waals surface area contributed by atoms with Crippen molar-refractivity contribution in [2.24, 2.45) is 34.5 Å². The van der Waals surface area contributed by atoms with Crippen molar-refractivity contribution in [2.45, 2.75) is 64.1 Å². The van der Waals surface area contributed by atoms with Crippen LogP contribution in [0.1, 0.15) is 52.4 Å². The van der Waals surface area contributed by atoms with Gasteiger partial charge in [0, 0.05) is 11.3 Å². The van der Waals surface area contributed by atoms with E-state index >= 15 is 0 Å². The molecule has 0 aromatic carbocycles.